The van der Waals surface area contributed by atoms with Crippen LogP contribution in [0.5, 0.6) is 5.75 Å². The van der Waals surface area contributed by atoms with Crippen LogP contribution in [0, 0.1) is 6.92 Å². The van der Waals surface area contributed by atoms with Gasteiger partial charge in [-0.2, -0.15) is 0 Å². The Balaban J connectivity index is 1.60. The summed E-state index contributed by atoms with van der Waals surface area (Å²) in [5.41, 5.74) is 1.59. The molecule has 3 rings (SSSR count). The van der Waals surface area contributed by atoms with Crippen LogP contribution < -0.4 is 20.7 Å². The monoisotopic (exact) mass is 388 g/mol. The van der Waals surface area contributed by atoms with E-state index in [1.807, 2.05) is 31.2 Å². The van der Waals surface area contributed by atoms with Crippen molar-refractivity contribution in [1.82, 2.24) is 15.6 Å². The molecule has 144 valence electrons. The third-order valence-electron chi connectivity index (χ3n) is 4.33. The number of rotatable bonds is 6. The fourth-order valence-electron chi connectivity index (χ4n) is 2.91. The average molecular weight is 388 g/mol. The van der Waals surface area contributed by atoms with Gasteiger partial charge in [-0.15, -0.1) is 0 Å². The van der Waals surface area contributed by atoms with Gasteiger partial charge in [-0.3, -0.25) is 9.59 Å². The number of aryl methyl sites for hydroxylation is 1. The summed E-state index contributed by atoms with van der Waals surface area (Å²) in [4.78, 5) is 28.4. The smallest absolute Gasteiger partial charge is 0.263 e. The maximum atomic E-state index is 12.6. The van der Waals surface area contributed by atoms with E-state index < -0.39 is 0 Å². The first-order chi connectivity index (χ1) is 12.9. The van der Waals surface area contributed by atoms with Crippen molar-refractivity contribution in [2.45, 2.75) is 39.3 Å². The number of carbonyl (C=O) groups is 2. The lowest BCUT2D eigenvalue weighted by atomic mass is 10.1. The van der Waals surface area contributed by atoms with E-state index in [9.17, 15) is 9.59 Å². The van der Waals surface area contributed by atoms with Gasteiger partial charge < -0.3 is 20.7 Å². The third-order valence-corrected chi connectivity index (χ3v) is 5.40. The molecule has 1 saturated heterocycles. The van der Waals surface area contributed by atoms with Gasteiger partial charge in [0.1, 0.15) is 16.7 Å². The molecule has 0 aliphatic carbocycles. The Bertz CT molecular complexity index is 813. The summed E-state index contributed by atoms with van der Waals surface area (Å²) < 4.78 is 5.92. The van der Waals surface area contributed by atoms with Crippen molar-refractivity contribution in [2.24, 2.45) is 0 Å². The molecule has 2 aromatic rings. The van der Waals surface area contributed by atoms with Gasteiger partial charge in [0.2, 0.25) is 5.91 Å². The van der Waals surface area contributed by atoms with Crippen molar-refractivity contribution in [3.05, 3.63) is 40.4 Å². The molecule has 8 heteroatoms. The van der Waals surface area contributed by atoms with E-state index in [0.29, 0.717) is 15.7 Å². The number of hydrogen-bond acceptors (Lipinski definition) is 6. The third kappa shape index (κ3) is 5.05. The number of thiazole rings is 1. The lowest BCUT2D eigenvalue weighted by Crippen LogP contribution is -2.26. The molecule has 3 N–H and O–H groups in total. The van der Waals surface area contributed by atoms with E-state index in [4.69, 9.17) is 4.74 Å². The number of nitrogens with zero attached hydrogens (tertiary/aromatic N) is 1. The standard InChI is InChI=1S/C19H24N4O3S/c1-11(14-4-6-15(7-5-14)26-16-8-9-20-10-16)21-18(25)17-12(2)22-19(27-17)23-13(3)24/h4-7,11,16,20H,8-10H2,1-3H3,(H,21,25)(H,22,23,24)/t11-,16?/m0/s1. The molecular formula is C19H24N4O3S. The van der Waals surface area contributed by atoms with Crippen molar-refractivity contribution in [3.8, 4) is 5.75 Å². The fraction of sp³-hybridized carbons (Fsp3) is 0.421. The van der Waals surface area contributed by atoms with E-state index in [-0.39, 0.29) is 24.0 Å². The van der Waals surface area contributed by atoms with Crippen LogP contribution in [0.2, 0.25) is 0 Å². The molecule has 7 nitrogen and oxygen atoms in total. The highest BCUT2D eigenvalue weighted by Crippen LogP contribution is 2.24. The lowest BCUT2D eigenvalue weighted by molar-refractivity contribution is -0.114. The molecule has 0 radical (unpaired) electrons. The van der Waals surface area contributed by atoms with Gasteiger partial charge in [-0.25, -0.2) is 4.98 Å². The van der Waals surface area contributed by atoms with E-state index in [0.717, 1.165) is 30.8 Å². The quantitative estimate of drug-likeness (QED) is 0.708. The second-order valence-corrected chi connectivity index (χ2v) is 7.61. The van der Waals surface area contributed by atoms with Gasteiger partial charge in [0.15, 0.2) is 5.13 Å². The largest absolute Gasteiger partial charge is 0.489 e. The molecule has 2 atom stereocenters. The predicted octanol–water partition coefficient (Wildman–Crippen LogP) is 2.64. The Hall–Kier alpha value is -2.45. The molecule has 1 aromatic heterocycles. The van der Waals surface area contributed by atoms with Gasteiger partial charge in [-0.05, 0) is 44.5 Å². The first kappa shape index (κ1) is 19.3. The van der Waals surface area contributed by atoms with Crippen molar-refractivity contribution in [2.75, 3.05) is 18.4 Å². The van der Waals surface area contributed by atoms with Gasteiger partial charge >= 0.3 is 0 Å². The fourth-order valence-corrected chi connectivity index (χ4v) is 3.83. The normalized spacial score (nSPS) is 17.4. The van der Waals surface area contributed by atoms with Crippen LogP contribution in [-0.2, 0) is 4.79 Å². The summed E-state index contributed by atoms with van der Waals surface area (Å²) in [5.74, 6) is 0.426. The molecule has 27 heavy (non-hydrogen) atoms. The number of anilines is 1. The van der Waals surface area contributed by atoms with Crippen LogP contribution >= 0.6 is 11.3 Å². The van der Waals surface area contributed by atoms with Crippen LogP contribution in [0.1, 0.15) is 47.2 Å². The minimum Gasteiger partial charge on any atom is -0.489 e. The maximum absolute atomic E-state index is 12.6. The van der Waals surface area contributed by atoms with Crippen LogP contribution in [0.3, 0.4) is 0 Å². The minimum absolute atomic E-state index is 0.162. The molecule has 1 aromatic carbocycles. The van der Waals surface area contributed by atoms with Crippen LogP contribution in [0.25, 0.3) is 0 Å². The number of carbonyl (C=O) groups excluding carboxylic acids is 2. The average Bonchev–Trinajstić information content (AvgIpc) is 3.24. The molecule has 1 aliphatic heterocycles. The molecule has 1 fully saturated rings. The van der Waals surface area contributed by atoms with Gasteiger partial charge in [-0.1, -0.05) is 23.5 Å². The number of ether oxygens (including phenoxy) is 1. The van der Waals surface area contributed by atoms with Crippen molar-refractivity contribution in [3.63, 3.8) is 0 Å². The van der Waals surface area contributed by atoms with E-state index >= 15 is 0 Å². The summed E-state index contributed by atoms with van der Waals surface area (Å²) >= 11 is 1.17. The molecule has 2 amide bonds. The first-order valence-corrected chi connectivity index (χ1v) is 9.77. The summed E-state index contributed by atoms with van der Waals surface area (Å²) in [6, 6.07) is 7.63. The van der Waals surface area contributed by atoms with E-state index in [1.165, 1.54) is 18.3 Å². The molecule has 1 unspecified atom stereocenters. The highest BCUT2D eigenvalue weighted by atomic mass is 32.1. The van der Waals surface area contributed by atoms with Crippen LogP contribution in [-0.4, -0.2) is 36.0 Å². The number of amides is 2. The van der Waals surface area contributed by atoms with Gasteiger partial charge in [0, 0.05) is 13.5 Å². The van der Waals surface area contributed by atoms with Crippen molar-refractivity contribution < 1.29 is 14.3 Å². The predicted molar refractivity (Wildman–Crippen MR) is 105 cm³/mol. The Labute approximate surface area is 162 Å². The highest BCUT2D eigenvalue weighted by Gasteiger charge is 2.19. The molecule has 1 aliphatic rings. The molecular weight excluding hydrogens is 364 g/mol. The second kappa shape index (κ2) is 8.49. The van der Waals surface area contributed by atoms with Crippen LogP contribution in [0.15, 0.2) is 24.3 Å². The number of benzene rings is 1. The molecule has 0 bridgehead atoms. The number of hydrogen-bond donors (Lipinski definition) is 3. The Morgan fingerprint density at radius 3 is 2.70 bits per heavy atom. The SMILES string of the molecule is CC(=O)Nc1nc(C)c(C(=O)N[C@@H](C)c2ccc(OC3CCNC3)cc2)s1. The first-order valence-electron chi connectivity index (χ1n) is 8.95. The van der Waals surface area contributed by atoms with Crippen molar-refractivity contribution in [1.29, 1.82) is 0 Å². The van der Waals surface area contributed by atoms with E-state index in [1.54, 1.807) is 6.92 Å². The summed E-state index contributed by atoms with van der Waals surface area (Å²) in [7, 11) is 0. The van der Waals surface area contributed by atoms with Crippen LogP contribution in [0.4, 0.5) is 5.13 Å². The molecule has 2 heterocycles. The highest BCUT2D eigenvalue weighted by molar-refractivity contribution is 7.17. The topological polar surface area (TPSA) is 92.4 Å². The summed E-state index contributed by atoms with van der Waals surface area (Å²) in [5, 5.41) is 9.30. The molecule has 0 saturated carbocycles. The van der Waals surface area contributed by atoms with E-state index in [2.05, 4.69) is 20.9 Å². The maximum Gasteiger partial charge on any atom is 0.263 e. The van der Waals surface area contributed by atoms with Gasteiger partial charge in [0.25, 0.3) is 5.91 Å². The Morgan fingerprint density at radius 2 is 2.07 bits per heavy atom. The molecule has 0 spiro atoms. The zero-order chi connectivity index (χ0) is 19.4. The number of nitrogens with one attached hydrogen (secondary N) is 3. The van der Waals surface area contributed by atoms with Crippen molar-refractivity contribution >= 4 is 28.3 Å². The number of aromatic nitrogens is 1. The second-order valence-electron chi connectivity index (χ2n) is 6.61. The lowest BCUT2D eigenvalue weighted by Gasteiger charge is -2.16. The summed E-state index contributed by atoms with van der Waals surface area (Å²) in [6.07, 6.45) is 1.24. The Kier molecular flexibility index (Phi) is 6.08. The summed E-state index contributed by atoms with van der Waals surface area (Å²) in [6.45, 7) is 6.97. The zero-order valence-corrected chi connectivity index (χ0v) is 16.5. The Morgan fingerprint density at radius 1 is 1.33 bits per heavy atom. The van der Waals surface area contributed by atoms with Gasteiger partial charge in [0.05, 0.1) is 11.7 Å². The minimum atomic E-state index is -0.209. The zero-order valence-electron chi connectivity index (χ0n) is 15.7.